The molecule has 0 aromatic carbocycles. The number of carbonyl (C=O) groups excluding carboxylic acids is 3. The van der Waals surface area contributed by atoms with Crippen molar-refractivity contribution in [3.8, 4) is 0 Å². The number of esters is 3. The quantitative estimate of drug-likeness (QED) is 0.0262. The summed E-state index contributed by atoms with van der Waals surface area (Å²) in [6.45, 7) is 6.53. The monoisotopic (exact) mass is 883 g/mol. The molecule has 0 N–H and O–H groups in total. The van der Waals surface area contributed by atoms with Crippen LogP contribution in [0.5, 0.6) is 0 Å². The van der Waals surface area contributed by atoms with Gasteiger partial charge in [0.25, 0.3) is 0 Å². The Hall–Kier alpha value is -2.63. The fourth-order valence-corrected chi connectivity index (χ4v) is 7.75. The van der Waals surface area contributed by atoms with E-state index in [1.54, 1.807) is 0 Å². The van der Waals surface area contributed by atoms with Crippen LogP contribution in [0.2, 0.25) is 0 Å². The molecule has 0 radical (unpaired) electrons. The molecule has 0 heterocycles. The molecule has 0 aliphatic heterocycles. The maximum Gasteiger partial charge on any atom is 0.306 e. The Morgan fingerprint density at radius 2 is 0.619 bits per heavy atom. The minimum atomic E-state index is -0.780. The zero-order chi connectivity index (χ0) is 45.8. The third-order valence-corrected chi connectivity index (χ3v) is 11.8. The fraction of sp³-hybridized carbons (Fsp3) is 0.807. The topological polar surface area (TPSA) is 78.9 Å². The van der Waals surface area contributed by atoms with Gasteiger partial charge >= 0.3 is 17.9 Å². The fourth-order valence-electron chi connectivity index (χ4n) is 7.75. The third-order valence-electron chi connectivity index (χ3n) is 11.8. The molecule has 0 spiro atoms. The minimum Gasteiger partial charge on any atom is -0.462 e. The van der Waals surface area contributed by atoms with E-state index in [0.717, 1.165) is 89.9 Å². The van der Waals surface area contributed by atoms with E-state index in [2.05, 4.69) is 69.4 Å². The third kappa shape index (κ3) is 50.2. The highest BCUT2D eigenvalue weighted by Gasteiger charge is 2.19. The summed E-state index contributed by atoms with van der Waals surface area (Å²) >= 11 is 0. The Balaban J connectivity index is 4.34. The molecule has 0 bridgehead atoms. The number of hydrogen-bond acceptors (Lipinski definition) is 6. The van der Waals surface area contributed by atoms with Crippen molar-refractivity contribution in [2.24, 2.45) is 0 Å². The van der Waals surface area contributed by atoms with Gasteiger partial charge < -0.3 is 14.2 Å². The van der Waals surface area contributed by atoms with Crippen LogP contribution >= 0.6 is 0 Å². The van der Waals surface area contributed by atoms with Crippen molar-refractivity contribution < 1.29 is 28.6 Å². The highest BCUT2D eigenvalue weighted by molar-refractivity contribution is 5.71. The first kappa shape index (κ1) is 60.4. The van der Waals surface area contributed by atoms with Crippen molar-refractivity contribution in [1.29, 1.82) is 0 Å². The Morgan fingerprint density at radius 1 is 0.333 bits per heavy atom. The molecule has 63 heavy (non-hydrogen) atoms. The van der Waals surface area contributed by atoms with Crippen molar-refractivity contribution in [1.82, 2.24) is 0 Å². The number of hydrogen-bond donors (Lipinski definition) is 0. The van der Waals surface area contributed by atoms with Gasteiger partial charge in [-0.3, -0.25) is 14.4 Å². The Kier molecular flexibility index (Phi) is 49.8. The second-order valence-corrected chi connectivity index (χ2v) is 18.1. The molecule has 0 amide bonds. The lowest BCUT2D eigenvalue weighted by atomic mass is 10.0. The van der Waals surface area contributed by atoms with Crippen molar-refractivity contribution in [3.63, 3.8) is 0 Å². The zero-order valence-electron chi connectivity index (χ0n) is 41.8. The summed E-state index contributed by atoms with van der Waals surface area (Å²) in [5, 5.41) is 0. The molecular weight excluding hydrogens is 781 g/mol. The number of carbonyl (C=O) groups is 3. The van der Waals surface area contributed by atoms with E-state index in [0.29, 0.717) is 19.3 Å². The second kappa shape index (κ2) is 52.0. The van der Waals surface area contributed by atoms with Gasteiger partial charge in [-0.05, 0) is 77.0 Å². The molecule has 366 valence electrons. The van der Waals surface area contributed by atoms with E-state index < -0.39 is 6.10 Å². The largest absolute Gasteiger partial charge is 0.462 e. The molecule has 0 aliphatic carbocycles. The van der Waals surface area contributed by atoms with E-state index in [9.17, 15) is 14.4 Å². The molecule has 6 nitrogen and oxygen atoms in total. The van der Waals surface area contributed by atoms with Crippen LogP contribution in [0.25, 0.3) is 0 Å². The Bertz CT molecular complexity index is 1110. The molecule has 0 fully saturated rings. The van der Waals surface area contributed by atoms with Gasteiger partial charge in [0.2, 0.25) is 0 Å². The molecular formula is C57H102O6. The zero-order valence-corrected chi connectivity index (χ0v) is 41.8. The second-order valence-electron chi connectivity index (χ2n) is 18.1. The van der Waals surface area contributed by atoms with E-state index in [1.807, 2.05) is 0 Å². The van der Waals surface area contributed by atoms with Gasteiger partial charge in [0.05, 0.1) is 0 Å². The van der Waals surface area contributed by atoms with E-state index in [4.69, 9.17) is 14.2 Å². The lowest BCUT2D eigenvalue weighted by Gasteiger charge is -2.18. The molecule has 0 aromatic heterocycles. The van der Waals surface area contributed by atoms with Gasteiger partial charge in [-0.15, -0.1) is 0 Å². The molecule has 0 rings (SSSR count). The first-order valence-corrected chi connectivity index (χ1v) is 27.1. The standard InChI is InChI=1S/C57H102O6/c1-4-7-10-13-16-19-22-25-27-28-29-30-31-33-35-38-41-44-47-50-56(59)62-53-54(52-61-55(58)49-46-43-40-37-34-24-21-18-15-12-9-6-3)63-57(60)51-48-45-42-39-36-32-26-23-20-17-14-11-8-5-2/h7,10,16,19,25,27,32,36,54H,4-6,8-9,11-15,17-18,20-24,26,28-31,33-35,37-53H2,1-3H3/b10-7-,19-16-,27-25-,36-32-. The smallest absolute Gasteiger partial charge is 0.306 e. The van der Waals surface area contributed by atoms with Crippen LogP contribution in [-0.4, -0.2) is 37.2 Å². The average molecular weight is 883 g/mol. The highest BCUT2D eigenvalue weighted by Crippen LogP contribution is 2.15. The van der Waals surface area contributed by atoms with Crippen LogP contribution in [0.1, 0.15) is 278 Å². The number of rotatable bonds is 49. The average Bonchev–Trinajstić information content (AvgIpc) is 3.28. The first-order valence-electron chi connectivity index (χ1n) is 27.1. The predicted molar refractivity (Wildman–Crippen MR) is 270 cm³/mol. The molecule has 0 aromatic rings. The number of unbranched alkanes of at least 4 members (excludes halogenated alkanes) is 30. The van der Waals surface area contributed by atoms with Gasteiger partial charge in [-0.25, -0.2) is 0 Å². The minimum absolute atomic E-state index is 0.0780. The first-order chi connectivity index (χ1) is 31.0. The summed E-state index contributed by atoms with van der Waals surface area (Å²) in [6.07, 6.45) is 62.4. The number of ether oxygens (including phenoxy) is 3. The number of allylic oxidation sites excluding steroid dienone is 8. The molecule has 0 aliphatic rings. The maximum atomic E-state index is 12.8. The normalized spacial score (nSPS) is 12.4. The Morgan fingerprint density at radius 3 is 1.00 bits per heavy atom. The van der Waals surface area contributed by atoms with Crippen molar-refractivity contribution in [3.05, 3.63) is 48.6 Å². The van der Waals surface area contributed by atoms with E-state index in [1.165, 1.54) is 148 Å². The Labute approximate surface area is 390 Å². The maximum absolute atomic E-state index is 12.8. The highest BCUT2D eigenvalue weighted by atomic mass is 16.6. The van der Waals surface area contributed by atoms with Crippen LogP contribution in [-0.2, 0) is 28.6 Å². The lowest BCUT2D eigenvalue weighted by molar-refractivity contribution is -0.167. The van der Waals surface area contributed by atoms with Crippen molar-refractivity contribution in [2.45, 2.75) is 284 Å². The summed E-state index contributed by atoms with van der Waals surface area (Å²) < 4.78 is 16.8. The van der Waals surface area contributed by atoms with Crippen LogP contribution in [0, 0.1) is 0 Å². The van der Waals surface area contributed by atoms with E-state index in [-0.39, 0.29) is 31.1 Å². The van der Waals surface area contributed by atoms with Gasteiger partial charge in [0.15, 0.2) is 6.10 Å². The van der Waals surface area contributed by atoms with Crippen LogP contribution in [0.3, 0.4) is 0 Å². The van der Waals surface area contributed by atoms with Gasteiger partial charge in [-0.2, -0.15) is 0 Å². The molecule has 0 saturated carbocycles. The van der Waals surface area contributed by atoms with Gasteiger partial charge in [0.1, 0.15) is 13.2 Å². The summed E-state index contributed by atoms with van der Waals surface area (Å²) in [5.74, 6) is -0.890. The van der Waals surface area contributed by atoms with Gasteiger partial charge in [0, 0.05) is 19.3 Å². The summed E-state index contributed by atoms with van der Waals surface area (Å²) in [6, 6.07) is 0. The van der Waals surface area contributed by atoms with Crippen LogP contribution in [0.4, 0.5) is 0 Å². The molecule has 6 heteroatoms. The SMILES string of the molecule is CC/C=C\C/C=C\C/C=C\CCCCCCCCCCCC(=O)OCC(COC(=O)CCCCCCCCCCCCCC)OC(=O)CCCCC/C=C\CCCCCCCCC. The molecule has 0 saturated heterocycles. The van der Waals surface area contributed by atoms with Crippen LogP contribution in [0.15, 0.2) is 48.6 Å². The van der Waals surface area contributed by atoms with Crippen LogP contribution < -0.4 is 0 Å². The molecule has 1 atom stereocenters. The summed E-state index contributed by atoms with van der Waals surface area (Å²) in [7, 11) is 0. The lowest BCUT2D eigenvalue weighted by Crippen LogP contribution is -2.30. The van der Waals surface area contributed by atoms with E-state index >= 15 is 0 Å². The van der Waals surface area contributed by atoms with Gasteiger partial charge in [-0.1, -0.05) is 230 Å². The summed E-state index contributed by atoms with van der Waals surface area (Å²) in [5.41, 5.74) is 0. The van der Waals surface area contributed by atoms with Crippen molar-refractivity contribution >= 4 is 17.9 Å². The summed E-state index contributed by atoms with van der Waals surface area (Å²) in [4.78, 5) is 38.0. The van der Waals surface area contributed by atoms with Crippen molar-refractivity contribution in [2.75, 3.05) is 13.2 Å². The predicted octanol–water partition coefficient (Wildman–Crippen LogP) is 17.9. The molecule has 1 unspecified atom stereocenters.